The molecule has 3 aromatic rings. The van der Waals surface area contributed by atoms with E-state index in [1.807, 2.05) is 17.7 Å². The van der Waals surface area contributed by atoms with Crippen molar-refractivity contribution >= 4 is 34.2 Å². The molecule has 1 atom stereocenters. The maximum atomic E-state index is 12.6. The zero-order chi connectivity index (χ0) is 19.8. The Hall–Kier alpha value is -2.41. The summed E-state index contributed by atoms with van der Waals surface area (Å²) in [5.74, 6) is 0.127. The number of rotatable bonds is 5. The van der Waals surface area contributed by atoms with Gasteiger partial charge in [0.15, 0.2) is 0 Å². The minimum atomic E-state index is -1.35. The number of aryl methyl sites for hydroxylation is 2. The topological polar surface area (TPSA) is 87.4 Å². The largest absolute Gasteiger partial charge is 0.393 e. The van der Waals surface area contributed by atoms with Crippen molar-refractivity contribution in [3.8, 4) is 0 Å². The Kier molecular flexibility index (Phi) is 5.24. The Morgan fingerprint density at radius 1 is 1.37 bits per heavy atom. The van der Waals surface area contributed by atoms with Crippen LogP contribution in [0.25, 0.3) is 10.9 Å². The molecule has 0 saturated heterocycles. The first kappa shape index (κ1) is 19.4. The van der Waals surface area contributed by atoms with Crippen molar-refractivity contribution < 1.29 is 15.0 Å². The van der Waals surface area contributed by atoms with Gasteiger partial charge in [0, 0.05) is 36.0 Å². The SMILES string of the molecule is CCn1cc(Cl)c2cnc(NC(=O)c3ccc([C@@](C)(O)CO)c(C)c3)cc21. The standard InChI is InChI=1S/C20H22ClN3O3/c1-4-24-10-16(21)14-9-22-18(8-17(14)24)23-19(26)13-5-6-15(12(2)7-13)20(3,27)11-25/h5-10,25,27H,4,11H2,1-3H3,(H,22,23,26)/t20-/m0/s1. The highest BCUT2D eigenvalue weighted by molar-refractivity contribution is 6.35. The monoisotopic (exact) mass is 387 g/mol. The lowest BCUT2D eigenvalue weighted by atomic mass is 9.91. The average Bonchev–Trinajstić information content (AvgIpc) is 2.96. The fourth-order valence-corrected chi connectivity index (χ4v) is 3.42. The number of aromatic nitrogens is 2. The molecule has 2 heterocycles. The number of hydrogen-bond acceptors (Lipinski definition) is 4. The number of pyridine rings is 1. The minimum Gasteiger partial charge on any atom is -0.393 e. The van der Waals surface area contributed by atoms with E-state index in [1.54, 1.807) is 37.4 Å². The van der Waals surface area contributed by atoms with Gasteiger partial charge in [-0.05, 0) is 44.0 Å². The Labute approximate surface area is 162 Å². The lowest BCUT2D eigenvalue weighted by molar-refractivity contribution is -0.00279. The van der Waals surface area contributed by atoms with E-state index in [0.717, 1.165) is 23.0 Å². The number of amides is 1. The van der Waals surface area contributed by atoms with Gasteiger partial charge in [0.25, 0.3) is 5.91 Å². The molecule has 7 heteroatoms. The summed E-state index contributed by atoms with van der Waals surface area (Å²) in [6, 6.07) is 6.74. The predicted octanol–water partition coefficient (Wildman–Crippen LogP) is 3.47. The lowest BCUT2D eigenvalue weighted by Gasteiger charge is -2.23. The Morgan fingerprint density at radius 2 is 2.11 bits per heavy atom. The van der Waals surface area contributed by atoms with E-state index in [4.69, 9.17) is 11.6 Å². The van der Waals surface area contributed by atoms with Gasteiger partial charge in [-0.1, -0.05) is 17.7 Å². The average molecular weight is 388 g/mol. The summed E-state index contributed by atoms with van der Waals surface area (Å²) >= 11 is 6.21. The van der Waals surface area contributed by atoms with Crippen LogP contribution in [0.1, 0.15) is 35.3 Å². The minimum absolute atomic E-state index is 0.305. The Balaban J connectivity index is 1.87. The molecule has 0 aliphatic carbocycles. The van der Waals surface area contributed by atoms with Crippen LogP contribution in [-0.4, -0.2) is 32.3 Å². The van der Waals surface area contributed by atoms with Crippen LogP contribution < -0.4 is 5.32 Å². The normalized spacial score (nSPS) is 13.6. The number of nitrogens with one attached hydrogen (secondary N) is 1. The Bertz CT molecular complexity index is 1010. The highest BCUT2D eigenvalue weighted by Gasteiger charge is 2.24. The van der Waals surface area contributed by atoms with Crippen LogP contribution in [-0.2, 0) is 12.1 Å². The van der Waals surface area contributed by atoms with E-state index in [0.29, 0.717) is 22.0 Å². The molecule has 6 nitrogen and oxygen atoms in total. The quantitative estimate of drug-likeness (QED) is 0.625. The summed E-state index contributed by atoms with van der Waals surface area (Å²) in [5, 5.41) is 23.8. The summed E-state index contributed by atoms with van der Waals surface area (Å²) in [4.78, 5) is 16.9. The number of aliphatic hydroxyl groups is 2. The summed E-state index contributed by atoms with van der Waals surface area (Å²) in [7, 11) is 0. The molecule has 3 rings (SSSR count). The van der Waals surface area contributed by atoms with E-state index in [-0.39, 0.29) is 5.91 Å². The molecule has 142 valence electrons. The molecule has 27 heavy (non-hydrogen) atoms. The van der Waals surface area contributed by atoms with E-state index >= 15 is 0 Å². The van der Waals surface area contributed by atoms with Crippen molar-refractivity contribution in [2.75, 3.05) is 11.9 Å². The van der Waals surface area contributed by atoms with Gasteiger partial charge in [0.1, 0.15) is 11.4 Å². The first-order valence-electron chi connectivity index (χ1n) is 8.67. The van der Waals surface area contributed by atoms with Crippen LogP contribution >= 0.6 is 11.6 Å². The molecular formula is C20H22ClN3O3. The summed E-state index contributed by atoms with van der Waals surface area (Å²) in [5.41, 5.74) is 1.29. The van der Waals surface area contributed by atoms with Crippen molar-refractivity contribution in [3.05, 3.63) is 58.4 Å². The molecule has 1 aromatic carbocycles. The number of nitrogens with zero attached hydrogens (tertiary/aromatic N) is 2. The Morgan fingerprint density at radius 3 is 2.74 bits per heavy atom. The zero-order valence-electron chi connectivity index (χ0n) is 15.5. The van der Waals surface area contributed by atoms with Crippen LogP contribution in [0.2, 0.25) is 5.02 Å². The van der Waals surface area contributed by atoms with Gasteiger partial charge in [0.2, 0.25) is 0 Å². The van der Waals surface area contributed by atoms with Crippen LogP contribution in [0.4, 0.5) is 5.82 Å². The van der Waals surface area contributed by atoms with Gasteiger partial charge in [0.05, 0.1) is 17.1 Å². The predicted molar refractivity (Wildman–Crippen MR) is 106 cm³/mol. The van der Waals surface area contributed by atoms with Gasteiger partial charge >= 0.3 is 0 Å². The molecule has 0 unspecified atom stereocenters. The molecule has 3 N–H and O–H groups in total. The third kappa shape index (κ3) is 3.69. The maximum absolute atomic E-state index is 12.6. The third-order valence-electron chi connectivity index (χ3n) is 4.68. The van der Waals surface area contributed by atoms with Gasteiger partial charge in [-0.25, -0.2) is 4.98 Å². The van der Waals surface area contributed by atoms with E-state index in [2.05, 4.69) is 10.3 Å². The number of benzene rings is 1. The maximum Gasteiger partial charge on any atom is 0.256 e. The molecule has 0 spiro atoms. The highest BCUT2D eigenvalue weighted by atomic mass is 35.5. The van der Waals surface area contributed by atoms with Crippen LogP contribution in [0, 0.1) is 6.92 Å². The van der Waals surface area contributed by atoms with Gasteiger partial charge < -0.3 is 20.1 Å². The fraction of sp³-hybridized carbons (Fsp3) is 0.300. The second kappa shape index (κ2) is 7.31. The zero-order valence-corrected chi connectivity index (χ0v) is 16.2. The lowest BCUT2D eigenvalue weighted by Crippen LogP contribution is -2.27. The summed E-state index contributed by atoms with van der Waals surface area (Å²) in [6.07, 6.45) is 3.49. The molecule has 0 aliphatic heterocycles. The number of halogens is 1. The molecule has 0 radical (unpaired) electrons. The van der Waals surface area contributed by atoms with Crippen LogP contribution in [0.3, 0.4) is 0 Å². The van der Waals surface area contributed by atoms with Crippen molar-refractivity contribution in [1.29, 1.82) is 0 Å². The molecule has 1 amide bonds. The van der Waals surface area contributed by atoms with Crippen molar-refractivity contribution in [2.45, 2.75) is 32.9 Å². The summed E-state index contributed by atoms with van der Waals surface area (Å²) < 4.78 is 1.99. The van der Waals surface area contributed by atoms with E-state index in [1.165, 1.54) is 6.92 Å². The van der Waals surface area contributed by atoms with E-state index in [9.17, 15) is 15.0 Å². The van der Waals surface area contributed by atoms with E-state index < -0.39 is 12.2 Å². The molecule has 2 aromatic heterocycles. The second-order valence-corrected chi connectivity index (χ2v) is 7.17. The van der Waals surface area contributed by atoms with Gasteiger partial charge in [-0.2, -0.15) is 0 Å². The first-order valence-corrected chi connectivity index (χ1v) is 9.04. The van der Waals surface area contributed by atoms with Crippen LogP contribution in [0.5, 0.6) is 0 Å². The molecule has 0 bridgehead atoms. The second-order valence-electron chi connectivity index (χ2n) is 6.77. The number of carbonyl (C=O) groups is 1. The summed E-state index contributed by atoms with van der Waals surface area (Å²) in [6.45, 7) is 5.69. The van der Waals surface area contributed by atoms with Crippen molar-refractivity contribution in [3.63, 3.8) is 0 Å². The number of aliphatic hydroxyl groups excluding tert-OH is 1. The first-order chi connectivity index (χ1) is 12.8. The third-order valence-corrected chi connectivity index (χ3v) is 4.98. The van der Waals surface area contributed by atoms with Crippen LogP contribution in [0.15, 0.2) is 36.7 Å². The van der Waals surface area contributed by atoms with Crippen molar-refractivity contribution in [2.24, 2.45) is 0 Å². The number of anilines is 1. The molecule has 0 fully saturated rings. The molecular weight excluding hydrogens is 366 g/mol. The highest BCUT2D eigenvalue weighted by Crippen LogP contribution is 2.27. The number of hydrogen-bond donors (Lipinski definition) is 3. The number of fused-ring (bicyclic) bond motifs is 1. The van der Waals surface area contributed by atoms with Gasteiger partial charge in [-0.3, -0.25) is 4.79 Å². The number of carbonyl (C=O) groups excluding carboxylic acids is 1. The fourth-order valence-electron chi connectivity index (χ4n) is 3.16. The van der Waals surface area contributed by atoms with Crippen molar-refractivity contribution in [1.82, 2.24) is 9.55 Å². The molecule has 0 saturated carbocycles. The van der Waals surface area contributed by atoms with Gasteiger partial charge in [-0.15, -0.1) is 0 Å². The smallest absolute Gasteiger partial charge is 0.256 e. The molecule has 0 aliphatic rings.